The number of carboxylic acids is 1. The molecule has 1 aromatic heterocycles. The van der Waals surface area contributed by atoms with Crippen LogP contribution in [0.3, 0.4) is 0 Å². The zero-order chi connectivity index (χ0) is 18.2. The number of carbonyl (C=O) groups is 2. The number of benzene rings is 1. The van der Waals surface area contributed by atoms with Crippen LogP contribution in [0.15, 0.2) is 29.3 Å². The molecule has 2 rings (SSSR count). The molecule has 6 nitrogen and oxygen atoms in total. The van der Waals surface area contributed by atoms with Crippen molar-refractivity contribution in [3.63, 3.8) is 0 Å². The normalized spacial score (nSPS) is 10.5. The van der Waals surface area contributed by atoms with Crippen LogP contribution in [0.25, 0.3) is 0 Å². The fourth-order valence-electron chi connectivity index (χ4n) is 2.01. The Kier molecular flexibility index (Phi) is 7.27. The van der Waals surface area contributed by atoms with Gasteiger partial charge in [-0.3, -0.25) is 5.32 Å². The van der Waals surface area contributed by atoms with Crippen molar-refractivity contribution in [2.24, 2.45) is 0 Å². The second-order valence-corrected chi connectivity index (χ2v) is 7.24. The Labute approximate surface area is 155 Å². The van der Waals surface area contributed by atoms with Gasteiger partial charge < -0.3 is 10.4 Å². The lowest BCUT2D eigenvalue weighted by Gasteiger charge is -2.06. The summed E-state index contributed by atoms with van der Waals surface area (Å²) in [6.45, 7) is 4.60. The lowest BCUT2D eigenvalue weighted by Crippen LogP contribution is -2.29. The summed E-state index contributed by atoms with van der Waals surface area (Å²) in [5.74, 6) is -0.476. The van der Waals surface area contributed by atoms with E-state index in [0.29, 0.717) is 17.3 Å². The van der Waals surface area contributed by atoms with E-state index in [4.69, 9.17) is 0 Å². The highest BCUT2D eigenvalue weighted by atomic mass is 32.2. The number of nitrogens with zero attached hydrogens (tertiary/aromatic N) is 1. The molecule has 25 heavy (non-hydrogen) atoms. The molecule has 0 saturated carbocycles. The molecule has 1 aromatic carbocycles. The fourth-order valence-corrected chi connectivity index (χ4v) is 3.91. The number of amides is 2. The van der Waals surface area contributed by atoms with Crippen LogP contribution in [0, 0.1) is 6.92 Å². The van der Waals surface area contributed by atoms with E-state index in [0.717, 1.165) is 29.9 Å². The second-order valence-electron chi connectivity index (χ2n) is 5.51. The molecule has 0 fully saturated rings. The molecule has 0 bridgehead atoms. The Bertz CT molecular complexity index is 729. The number of carbonyl (C=O) groups excluding carboxylic acids is 1. The zero-order valence-electron chi connectivity index (χ0n) is 14.2. The van der Waals surface area contributed by atoms with Crippen molar-refractivity contribution in [1.82, 2.24) is 9.69 Å². The predicted molar refractivity (Wildman–Crippen MR) is 102 cm³/mol. The van der Waals surface area contributed by atoms with Crippen molar-refractivity contribution < 1.29 is 14.7 Å². The van der Waals surface area contributed by atoms with Crippen LogP contribution in [0.2, 0.25) is 0 Å². The predicted octanol–water partition coefficient (Wildman–Crippen LogP) is 4.36. The highest BCUT2D eigenvalue weighted by molar-refractivity contribution is 7.98. The maximum Gasteiger partial charge on any atom is 0.341 e. The molecular weight excluding hydrogens is 358 g/mol. The van der Waals surface area contributed by atoms with Gasteiger partial charge in [0.05, 0.1) is 0 Å². The molecule has 0 radical (unpaired) electrons. The van der Waals surface area contributed by atoms with E-state index < -0.39 is 12.0 Å². The van der Waals surface area contributed by atoms with E-state index >= 15 is 0 Å². The second kappa shape index (κ2) is 9.43. The third kappa shape index (κ3) is 5.75. The number of urea groups is 1. The molecule has 0 saturated heterocycles. The number of unbranched alkanes of at least 4 members (excludes halogenated alkanes) is 1. The maximum absolute atomic E-state index is 11.8. The van der Waals surface area contributed by atoms with Crippen molar-refractivity contribution in [2.75, 3.05) is 11.9 Å². The SMILES string of the molecule is CCCCNC(=O)Nc1snc(SCc2ccc(C)cc2)c1C(=O)O. The van der Waals surface area contributed by atoms with Crippen molar-refractivity contribution >= 4 is 40.3 Å². The molecule has 3 N–H and O–H groups in total. The van der Waals surface area contributed by atoms with Gasteiger partial charge >= 0.3 is 12.0 Å². The van der Waals surface area contributed by atoms with E-state index in [1.165, 1.54) is 17.3 Å². The number of hydrogen-bond acceptors (Lipinski definition) is 5. The van der Waals surface area contributed by atoms with Crippen LogP contribution in [-0.2, 0) is 5.75 Å². The molecule has 0 spiro atoms. The highest BCUT2D eigenvalue weighted by Gasteiger charge is 2.22. The van der Waals surface area contributed by atoms with Gasteiger partial charge in [0.1, 0.15) is 15.6 Å². The van der Waals surface area contributed by atoms with Crippen molar-refractivity contribution in [3.05, 3.63) is 41.0 Å². The summed E-state index contributed by atoms with van der Waals surface area (Å²) >= 11 is 2.34. The van der Waals surface area contributed by atoms with Crippen LogP contribution in [-0.4, -0.2) is 28.0 Å². The molecule has 0 unspecified atom stereocenters. The van der Waals surface area contributed by atoms with E-state index in [9.17, 15) is 14.7 Å². The smallest absolute Gasteiger partial charge is 0.341 e. The van der Waals surface area contributed by atoms with Gasteiger partial charge in [0.2, 0.25) is 0 Å². The third-order valence-corrected chi connectivity index (χ3v) is 5.34. The summed E-state index contributed by atoms with van der Waals surface area (Å²) in [5.41, 5.74) is 2.31. The maximum atomic E-state index is 11.8. The Morgan fingerprint density at radius 1 is 1.28 bits per heavy atom. The Morgan fingerprint density at radius 3 is 2.64 bits per heavy atom. The lowest BCUT2D eigenvalue weighted by atomic mass is 10.2. The van der Waals surface area contributed by atoms with Gasteiger partial charge in [-0.05, 0) is 30.4 Å². The summed E-state index contributed by atoms with van der Waals surface area (Å²) in [5, 5.41) is 15.4. The monoisotopic (exact) mass is 379 g/mol. The highest BCUT2D eigenvalue weighted by Crippen LogP contribution is 2.33. The van der Waals surface area contributed by atoms with Gasteiger partial charge in [-0.1, -0.05) is 54.9 Å². The number of nitrogens with one attached hydrogen (secondary N) is 2. The van der Waals surface area contributed by atoms with Crippen LogP contribution < -0.4 is 10.6 Å². The fraction of sp³-hybridized carbons (Fsp3) is 0.353. The summed E-state index contributed by atoms with van der Waals surface area (Å²) in [6, 6.07) is 7.64. The minimum atomic E-state index is -1.09. The Hall–Kier alpha value is -2.06. The quantitative estimate of drug-likeness (QED) is 0.468. The molecular formula is C17H21N3O3S2. The van der Waals surface area contributed by atoms with E-state index in [-0.39, 0.29) is 10.6 Å². The minimum Gasteiger partial charge on any atom is -0.477 e. The number of rotatable bonds is 8. The lowest BCUT2D eigenvalue weighted by molar-refractivity contribution is 0.0694. The molecule has 2 aromatic rings. The summed E-state index contributed by atoms with van der Waals surface area (Å²) in [7, 11) is 0. The number of thioether (sulfide) groups is 1. The van der Waals surface area contributed by atoms with Gasteiger partial charge in [-0.15, -0.1) is 0 Å². The van der Waals surface area contributed by atoms with Crippen LogP contribution >= 0.6 is 23.3 Å². The van der Waals surface area contributed by atoms with Gasteiger partial charge in [-0.25, -0.2) is 9.59 Å². The van der Waals surface area contributed by atoms with Crippen molar-refractivity contribution in [3.8, 4) is 0 Å². The molecule has 0 aliphatic heterocycles. The number of hydrogen-bond donors (Lipinski definition) is 3. The average molecular weight is 380 g/mol. The van der Waals surface area contributed by atoms with E-state index in [2.05, 4.69) is 15.0 Å². The van der Waals surface area contributed by atoms with Gasteiger partial charge in [-0.2, -0.15) is 4.37 Å². The molecule has 0 atom stereocenters. The summed E-state index contributed by atoms with van der Waals surface area (Å²) < 4.78 is 4.20. The van der Waals surface area contributed by atoms with Gasteiger partial charge in [0, 0.05) is 12.3 Å². The first-order chi connectivity index (χ1) is 12.0. The third-order valence-electron chi connectivity index (χ3n) is 3.41. The zero-order valence-corrected chi connectivity index (χ0v) is 15.8. The first-order valence-electron chi connectivity index (χ1n) is 7.97. The van der Waals surface area contributed by atoms with Crippen molar-refractivity contribution in [1.29, 1.82) is 0 Å². The minimum absolute atomic E-state index is 0.0488. The number of aromatic nitrogens is 1. The summed E-state index contributed by atoms with van der Waals surface area (Å²) in [4.78, 5) is 23.4. The number of aryl methyl sites for hydroxylation is 1. The molecule has 2 amide bonds. The van der Waals surface area contributed by atoms with Crippen LogP contribution in [0.4, 0.5) is 9.80 Å². The van der Waals surface area contributed by atoms with E-state index in [1.54, 1.807) is 0 Å². The van der Waals surface area contributed by atoms with Gasteiger partial charge in [0.25, 0.3) is 0 Å². The van der Waals surface area contributed by atoms with Gasteiger partial charge in [0.15, 0.2) is 0 Å². The molecule has 134 valence electrons. The molecule has 0 aliphatic rings. The first-order valence-corrected chi connectivity index (χ1v) is 9.73. The topological polar surface area (TPSA) is 91.3 Å². The average Bonchev–Trinajstić information content (AvgIpc) is 2.97. The number of carboxylic acid groups (broad SMARTS) is 1. The molecule has 1 heterocycles. The first kappa shape index (κ1) is 19.3. The summed E-state index contributed by atoms with van der Waals surface area (Å²) in [6.07, 6.45) is 1.85. The van der Waals surface area contributed by atoms with Crippen LogP contribution in [0.5, 0.6) is 0 Å². The Balaban J connectivity index is 2.04. The largest absolute Gasteiger partial charge is 0.477 e. The number of anilines is 1. The molecule has 0 aliphatic carbocycles. The number of aromatic carboxylic acids is 1. The molecule has 8 heteroatoms. The van der Waals surface area contributed by atoms with Crippen molar-refractivity contribution in [2.45, 2.75) is 37.5 Å². The van der Waals surface area contributed by atoms with Crippen LogP contribution in [0.1, 0.15) is 41.3 Å². The Morgan fingerprint density at radius 2 is 2.00 bits per heavy atom. The standard InChI is InChI=1S/C17H21N3O3S2/c1-3-4-9-18-17(23)19-14-13(16(21)22)15(20-25-14)24-10-12-7-5-11(2)6-8-12/h5-8H,3-4,9-10H2,1-2H3,(H,21,22)(H2,18,19,23). The van der Waals surface area contributed by atoms with E-state index in [1.807, 2.05) is 38.1 Å².